The van der Waals surface area contributed by atoms with E-state index in [0.29, 0.717) is 15.8 Å². The molecule has 2 radical (unpaired) electrons. The molecule has 0 nitrogen and oxygen atoms in total. The zero-order valence-corrected chi connectivity index (χ0v) is 6.65. The van der Waals surface area contributed by atoms with Crippen LogP contribution < -0.4 is 0 Å². The van der Waals surface area contributed by atoms with Gasteiger partial charge in [-0.3, -0.25) is 0 Å². The molecule has 0 atom stereocenters. The third-order valence-electron chi connectivity index (χ3n) is 3.02. The van der Waals surface area contributed by atoms with Crippen LogP contribution in [0.3, 0.4) is 0 Å². The highest BCUT2D eigenvalue weighted by atomic mass is 14.6. The Bertz CT molecular complexity index is 160. The minimum atomic E-state index is 0.474. The Morgan fingerprint density at radius 3 is 1.44 bits per heavy atom. The van der Waals surface area contributed by atoms with Crippen molar-refractivity contribution in [3.05, 3.63) is 0 Å². The van der Waals surface area contributed by atoms with Gasteiger partial charge in [0.25, 0.3) is 0 Å². The summed E-state index contributed by atoms with van der Waals surface area (Å²) >= 11 is 0. The normalized spacial score (nSPS) is 52.9. The van der Waals surface area contributed by atoms with Crippen LogP contribution in [0.4, 0.5) is 0 Å². The van der Waals surface area contributed by atoms with E-state index in [0.717, 1.165) is 0 Å². The predicted molar refractivity (Wildman–Crippen MR) is 42.0 cm³/mol. The Kier molecular flexibility index (Phi) is 0.666. The first kappa shape index (κ1) is 5.88. The Hall–Kier alpha value is 0.130. The molecule has 2 saturated heterocycles. The van der Waals surface area contributed by atoms with Gasteiger partial charge in [0.15, 0.2) is 0 Å². The van der Waals surface area contributed by atoms with Crippen molar-refractivity contribution in [3.63, 3.8) is 0 Å². The smallest absolute Gasteiger partial charge is 0.0937 e. The molecule has 0 amide bonds. The first-order valence-electron chi connectivity index (χ1n) is 3.65. The van der Waals surface area contributed by atoms with Crippen molar-refractivity contribution in [1.82, 2.24) is 0 Å². The summed E-state index contributed by atoms with van der Waals surface area (Å²) in [7, 11) is 4.92. The zero-order chi connectivity index (χ0) is 6.91. The summed E-state index contributed by atoms with van der Waals surface area (Å²) in [5.41, 5.74) is 0.474. The maximum absolute atomic E-state index is 2.46. The molecule has 0 aromatic heterocycles. The average Bonchev–Trinajstić information content (AvgIpc) is 2.17. The fraction of sp³-hybridized carbons (Fsp3) is 1.00. The summed E-state index contributed by atoms with van der Waals surface area (Å²) in [6.45, 7) is 9.27. The molecular weight excluding hydrogens is 106 g/mol. The SMILES string of the molecule is CC(C)(C)C12[B]C1(C)[B]2. The van der Waals surface area contributed by atoms with E-state index < -0.39 is 0 Å². The molecule has 0 aromatic rings. The van der Waals surface area contributed by atoms with Crippen molar-refractivity contribution < 1.29 is 0 Å². The quantitative estimate of drug-likeness (QED) is 0.424. The first-order valence-corrected chi connectivity index (χ1v) is 3.65. The van der Waals surface area contributed by atoms with Crippen LogP contribution in [0.2, 0.25) is 10.4 Å². The van der Waals surface area contributed by atoms with Crippen molar-refractivity contribution in [2.75, 3.05) is 0 Å². The number of rotatable bonds is 0. The molecule has 2 heterocycles. The lowest BCUT2D eigenvalue weighted by Gasteiger charge is -2.23. The third kappa shape index (κ3) is 0.447. The Morgan fingerprint density at radius 2 is 1.44 bits per heavy atom. The Morgan fingerprint density at radius 1 is 1.11 bits per heavy atom. The van der Waals surface area contributed by atoms with E-state index >= 15 is 0 Å². The summed E-state index contributed by atoms with van der Waals surface area (Å²) < 4.78 is 0. The van der Waals surface area contributed by atoms with Gasteiger partial charge in [0.2, 0.25) is 0 Å². The Labute approximate surface area is 58.9 Å². The summed E-state index contributed by atoms with van der Waals surface area (Å²) in [5.74, 6) is 0. The average molecular weight is 118 g/mol. The molecule has 0 aromatic carbocycles. The van der Waals surface area contributed by atoms with Crippen molar-refractivity contribution in [3.8, 4) is 0 Å². The second-order valence-electron chi connectivity index (χ2n) is 4.69. The minimum Gasteiger partial charge on any atom is -0.0937 e. The van der Waals surface area contributed by atoms with Crippen LogP contribution in [-0.4, -0.2) is 14.6 Å². The van der Waals surface area contributed by atoms with Gasteiger partial charge in [-0.1, -0.05) is 38.1 Å². The highest BCUT2D eigenvalue weighted by Gasteiger charge is 2.83. The van der Waals surface area contributed by atoms with Gasteiger partial charge in [-0.25, -0.2) is 0 Å². The number of hydrogen-bond acceptors (Lipinski definition) is 0. The number of fused-ring (bicyclic) bond motifs is 1. The minimum absolute atomic E-state index is 0.474. The number of hydrogen-bond donors (Lipinski definition) is 0. The lowest BCUT2D eigenvalue weighted by atomic mass is 9.46. The van der Waals surface area contributed by atoms with E-state index in [-0.39, 0.29) is 0 Å². The van der Waals surface area contributed by atoms with E-state index in [1.54, 1.807) is 0 Å². The molecule has 0 spiro atoms. The highest BCUT2D eigenvalue weighted by molar-refractivity contribution is 7.04. The van der Waals surface area contributed by atoms with E-state index in [1.807, 2.05) is 0 Å². The van der Waals surface area contributed by atoms with Crippen LogP contribution >= 0.6 is 0 Å². The van der Waals surface area contributed by atoms with Crippen molar-refractivity contribution in [1.29, 1.82) is 0 Å². The van der Waals surface area contributed by atoms with Crippen molar-refractivity contribution >= 4 is 14.6 Å². The third-order valence-corrected chi connectivity index (χ3v) is 3.02. The molecular formula is C7H12B2. The predicted octanol–water partition coefficient (Wildman–Crippen LogP) is 1.72. The van der Waals surface area contributed by atoms with Crippen LogP contribution in [-0.2, 0) is 0 Å². The summed E-state index contributed by atoms with van der Waals surface area (Å²) in [6, 6.07) is 0. The summed E-state index contributed by atoms with van der Waals surface area (Å²) in [6.07, 6.45) is 0. The molecule has 0 saturated carbocycles. The van der Waals surface area contributed by atoms with Crippen LogP contribution in [0.15, 0.2) is 0 Å². The topological polar surface area (TPSA) is 0 Å². The molecule has 46 valence electrons. The molecule has 2 fully saturated rings. The molecule has 0 unspecified atom stereocenters. The highest BCUT2D eigenvalue weighted by Crippen LogP contribution is 2.90. The first-order chi connectivity index (χ1) is 3.91. The molecule has 0 N–H and O–H groups in total. The molecule has 2 aliphatic heterocycles. The van der Waals surface area contributed by atoms with Gasteiger partial charge in [0.05, 0.1) is 0 Å². The zero-order valence-electron chi connectivity index (χ0n) is 6.65. The summed E-state index contributed by atoms with van der Waals surface area (Å²) in [5, 5.41) is 1.09. The van der Waals surface area contributed by atoms with Gasteiger partial charge in [-0.2, -0.15) is 0 Å². The van der Waals surface area contributed by atoms with E-state index in [4.69, 9.17) is 0 Å². The van der Waals surface area contributed by atoms with Crippen LogP contribution in [0.5, 0.6) is 0 Å². The molecule has 2 aliphatic rings. The Balaban J connectivity index is 2.20. The van der Waals surface area contributed by atoms with E-state index in [1.165, 1.54) is 0 Å². The largest absolute Gasteiger partial charge is 0.104 e. The summed E-state index contributed by atoms with van der Waals surface area (Å²) in [4.78, 5) is 0. The van der Waals surface area contributed by atoms with Crippen LogP contribution in [0, 0.1) is 5.41 Å². The molecule has 0 bridgehead atoms. The van der Waals surface area contributed by atoms with Gasteiger partial charge in [0.1, 0.15) is 14.6 Å². The van der Waals surface area contributed by atoms with Gasteiger partial charge in [0, 0.05) is 0 Å². The second-order valence-corrected chi connectivity index (χ2v) is 4.69. The van der Waals surface area contributed by atoms with Crippen LogP contribution in [0.1, 0.15) is 27.7 Å². The van der Waals surface area contributed by atoms with E-state index in [9.17, 15) is 0 Å². The molecule has 9 heavy (non-hydrogen) atoms. The van der Waals surface area contributed by atoms with Gasteiger partial charge in [-0.15, -0.1) is 0 Å². The van der Waals surface area contributed by atoms with Crippen molar-refractivity contribution in [2.24, 2.45) is 5.41 Å². The fourth-order valence-corrected chi connectivity index (χ4v) is 2.10. The lowest BCUT2D eigenvalue weighted by Crippen LogP contribution is -2.14. The fourth-order valence-electron chi connectivity index (χ4n) is 2.10. The van der Waals surface area contributed by atoms with Gasteiger partial charge in [-0.05, 0) is 5.41 Å². The standard InChI is InChI=1S/C7H12B2/c1-5(2,3)7-6(4,8-7)9-7/h1-4H3. The van der Waals surface area contributed by atoms with Gasteiger partial charge < -0.3 is 0 Å². The van der Waals surface area contributed by atoms with Crippen molar-refractivity contribution in [2.45, 2.75) is 38.1 Å². The maximum atomic E-state index is 2.46. The monoisotopic (exact) mass is 118 g/mol. The second kappa shape index (κ2) is 1.02. The van der Waals surface area contributed by atoms with Gasteiger partial charge >= 0.3 is 0 Å². The molecule has 2 heteroatoms. The molecule has 2 rings (SSSR count). The maximum Gasteiger partial charge on any atom is 0.104 e. The van der Waals surface area contributed by atoms with Crippen LogP contribution in [0.25, 0.3) is 0 Å². The lowest BCUT2D eigenvalue weighted by molar-refractivity contribution is 0.401. The molecule has 0 aliphatic carbocycles. The van der Waals surface area contributed by atoms with E-state index in [2.05, 4.69) is 42.3 Å².